The largest absolute Gasteiger partial charge is 0.298 e. The fraction of sp³-hybridized carbons (Fsp3) is 1.00. The molecule has 0 aromatic heterocycles. The first-order valence-electron chi connectivity index (χ1n) is 5.27. The Kier molecular flexibility index (Phi) is 1.76. The highest BCUT2D eigenvalue weighted by molar-refractivity contribution is 4.99. The van der Waals surface area contributed by atoms with Crippen LogP contribution in [-0.2, 0) is 0 Å². The van der Waals surface area contributed by atoms with Gasteiger partial charge in [0.25, 0.3) is 0 Å². The van der Waals surface area contributed by atoms with Crippen molar-refractivity contribution in [3.05, 3.63) is 0 Å². The first kappa shape index (κ1) is 8.55. The molecule has 2 aliphatic heterocycles. The number of hydrogen-bond donors (Lipinski definition) is 0. The van der Waals surface area contributed by atoms with Gasteiger partial charge in [-0.3, -0.25) is 4.90 Å². The summed E-state index contributed by atoms with van der Waals surface area (Å²) in [5, 5.41) is 0. The van der Waals surface area contributed by atoms with Crippen LogP contribution in [0.3, 0.4) is 0 Å². The fourth-order valence-corrected chi connectivity index (χ4v) is 3.22. The van der Waals surface area contributed by atoms with Crippen molar-refractivity contribution >= 4 is 0 Å². The van der Waals surface area contributed by atoms with Crippen molar-refractivity contribution in [2.24, 2.45) is 5.41 Å². The Morgan fingerprint density at radius 1 is 1.00 bits per heavy atom. The summed E-state index contributed by atoms with van der Waals surface area (Å²) in [5.74, 6) is 0. The van der Waals surface area contributed by atoms with Crippen molar-refractivity contribution in [2.75, 3.05) is 13.1 Å². The summed E-state index contributed by atoms with van der Waals surface area (Å²) in [7, 11) is 0. The molecule has 1 nitrogen and oxygen atoms in total. The third-order valence-corrected chi connectivity index (χ3v) is 3.82. The number of hydrogen-bond acceptors (Lipinski definition) is 1. The molecule has 12 heavy (non-hydrogen) atoms. The smallest absolute Gasteiger partial charge is 0.0187 e. The number of rotatable bonds is 0. The van der Waals surface area contributed by atoms with Gasteiger partial charge in [0.1, 0.15) is 0 Å². The molecule has 70 valence electrons. The number of fused-ring (bicyclic) bond motifs is 1. The zero-order chi connectivity index (χ0) is 8.82. The maximum atomic E-state index is 2.71. The van der Waals surface area contributed by atoms with Crippen molar-refractivity contribution in [3.63, 3.8) is 0 Å². The molecule has 0 saturated carbocycles. The van der Waals surface area contributed by atoms with Crippen LogP contribution in [0.5, 0.6) is 0 Å². The van der Waals surface area contributed by atoms with E-state index in [1.165, 1.54) is 38.8 Å². The van der Waals surface area contributed by atoms with Gasteiger partial charge in [0.15, 0.2) is 0 Å². The van der Waals surface area contributed by atoms with Gasteiger partial charge in [-0.15, -0.1) is 0 Å². The Hall–Kier alpha value is -0.0400. The molecule has 2 saturated heterocycles. The van der Waals surface area contributed by atoms with Crippen LogP contribution in [0.1, 0.15) is 46.5 Å². The lowest BCUT2D eigenvalue weighted by Gasteiger charge is -2.47. The topological polar surface area (TPSA) is 3.24 Å². The number of piperidine rings is 1. The van der Waals surface area contributed by atoms with Gasteiger partial charge in [0.2, 0.25) is 0 Å². The van der Waals surface area contributed by atoms with Gasteiger partial charge in [-0.1, -0.05) is 13.8 Å². The molecule has 0 aliphatic carbocycles. The van der Waals surface area contributed by atoms with Crippen LogP contribution in [-0.4, -0.2) is 23.5 Å². The van der Waals surface area contributed by atoms with Gasteiger partial charge in [-0.05, 0) is 51.1 Å². The summed E-state index contributed by atoms with van der Waals surface area (Å²) in [4.78, 5) is 2.71. The lowest BCUT2D eigenvalue weighted by Crippen LogP contribution is -2.49. The Morgan fingerprint density at radius 3 is 2.50 bits per heavy atom. The lowest BCUT2D eigenvalue weighted by molar-refractivity contribution is 0.0340. The van der Waals surface area contributed by atoms with E-state index < -0.39 is 0 Å². The Labute approximate surface area is 76.1 Å². The molecule has 2 fully saturated rings. The molecule has 2 heterocycles. The minimum atomic E-state index is 0.557. The molecule has 1 atom stereocenters. The van der Waals surface area contributed by atoms with Crippen molar-refractivity contribution in [1.82, 2.24) is 4.90 Å². The van der Waals surface area contributed by atoms with Gasteiger partial charge in [0.05, 0.1) is 0 Å². The van der Waals surface area contributed by atoms with Crippen LogP contribution in [0.2, 0.25) is 0 Å². The Bertz CT molecular complexity index is 185. The molecule has 1 unspecified atom stereocenters. The maximum absolute atomic E-state index is 2.71. The van der Waals surface area contributed by atoms with Crippen LogP contribution >= 0.6 is 0 Å². The normalized spacial score (nSPS) is 41.2. The van der Waals surface area contributed by atoms with Gasteiger partial charge >= 0.3 is 0 Å². The first-order chi connectivity index (χ1) is 5.52. The average molecular weight is 167 g/mol. The van der Waals surface area contributed by atoms with E-state index in [9.17, 15) is 0 Å². The SMILES string of the molecule is CC1(C)CCN2CCCC2(C)C1. The summed E-state index contributed by atoms with van der Waals surface area (Å²) < 4.78 is 0. The molecule has 2 aliphatic rings. The molecule has 0 radical (unpaired) electrons. The average Bonchev–Trinajstić information content (AvgIpc) is 2.26. The summed E-state index contributed by atoms with van der Waals surface area (Å²) in [6.07, 6.45) is 5.64. The van der Waals surface area contributed by atoms with Gasteiger partial charge in [-0.2, -0.15) is 0 Å². The highest BCUT2D eigenvalue weighted by Crippen LogP contribution is 2.44. The molecule has 2 rings (SSSR count). The van der Waals surface area contributed by atoms with Crippen molar-refractivity contribution in [2.45, 2.75) is 52.0 Å². The lowest BCUT2D eigenvalue weighted by atomic mass is 9.73. The second-order valence-electron chi connectivity index (χ2n) is 5.68. The van der Waals surface area contributed by atoms with Crippen LogP contribution in [0.4, 0.5) is 0 Å². The third kappa shape index (κ3) is 1.28. The predicted molar refractivity (Wildman–Crippen MR) is 52.2 cm³/mol. The highest BCUT2D eigenvalue weighted by atomic mass is 15.2. The Morgan fingerprint density at radius 2 is 1.75 bits per heavy atom. The second kappa shape index (κ2) is 2.47. The van der Waals surface area contributed by atoms with Crippen LogP contribution in [0.15, 0.2) is 0 Å². The molecule has 0 amide bonds. The van der Waals surface area contributed by atoms with Gasteiger partial charge in [-0.25, -0.2) is 0 Å². The van der Waals surface area contributed by atoms with E-state index in [0.29, 0.717) is 11.0 Å². The first-order valence-corrected chi connectivity index (χ1v) is 5.27. The Balaban J connectivity index is 2.15. The highest BCUT2D eigenvalue weighted by Gasteiger charge is 2.44. The van der Waals surface area contributed by atoms with Crippen molar-refractivity contribution in [1.29, 1.82) is 0 Å². The molecule has 0 aromatic rings. The number of nitrogens with zero attached hydrogens (tertiary/aromatic N) is 1. The van der Waals surface area contributed by atoms with E-state index in [4.69, 9.17) is 0 Å². The van der Waals surface area contributed by atoms with Crippen LogP contribution in [0.25, 0.3) is 0 Å². The van der Waals surface area contributed by atoms with E-state index in [1.54, 1.807) is 0 Å². The zero-order valence-electron chi connectivity index (χ0n) is 8.69. The zero-order valence-corrected chi connectivity index (χ0v) is 8.69. The summed E-state index contributed by atoms with van der Waals surface area (Å²) in [5.41, 5.74) is 1.15. The monoisotopic (exact) mass is 167 g/mol. The molecular formula is C11H21N. The van der Waals surface area contributed by atoms with Crippen LogP contribution < -0.4 is 0 Å². The van der Waals surface area contributed by atoms with Crippen LogP contribution in [0, 0.1) is 5.41 Å². The molecule has 0 spiro atoms. The van der Waals surface area contributed by atoms with E-state index in [1.807, 2.05) is 0 Å². The minimum Gasteiger partial charge on any atom is -0.298 e. The van der Waals surface area contributed by atoms with Crippen molar-refractivity contribution < 1.29 is 0 Å². The predicted octanol–water partition coefficient (Wildman–Crippen LogP) is 2.66. The van der Waals surface area contributed by atoms with Gasteiger partial charge < -0.3 is 0 Å². The van der Waals surface area contributed by atoms with E-state index in [0.717, 1.165) is 0 Å². The van der Waals surface area contributed by atoms with E-state index >= 15 is 0 Å². The quantitative estimate of drug-likeness (QED) is 0.536. The molecule has 0 bridgehead atoms. The van der Waals surface area contributed by atoms with E-state index in [-0.39, 0.29) is 0 Å². The molecule has 0 aromatic carbocycles. The fourth-order valence-electron chi connectivity index (χ4n) is 3.22. The maximum Gasteiger partial charge on any atom is 0.0187 e. The summed E-state index contributed by atoms with van der Waals surface area (Å²) >= 11 is 0. The second-order valence-corrected chi connectivity index (χ2v) is 5.68. The minimum absolute atomic E-state index is 0.557. The van der Waals surface area contributed by atoms with Crippen molar-refractivity contribution in [3.8, 4) is 0 Å². The molecule has 0 N–H and O–H groups in total. The standard InChI is InChI=1S/C11H21N/c1-10(2)6-8-12-7-4-5-11(12,3)9-10/h4-9H2,1-3H3. The third-order valence-electron chi connectivity index (χ3n) is 3.82. The molecule has 1 heteroatoms. The van der Waals surface area contributed by atoms with E-state index in [2.05, 4.69) is 25.7 Å². The summed E-state index contributed by atoms with van der Waals surface area (Å²) in [6, 6.07) is 0. The summed E-state index contributed by atoms with van der Waals surface area (Å²) in [6.45, 7) is 10.00. The van der Waals surface area contributed by atoms with Gasteiger partial charge in [0, 0.05) is 5.54 Å². The molecular weight excluding hydrogens is 146 g/mol.